The summed E-state index contributed by atoms with van der Waals surface area (Å²) in [6.45, 7) is 8.87. The molecule has 3 saturated carbocycles. The minimum atomic E-state index is 0.126. The molecule has 4 unspecified atom stereocenters. The summed E-state index contributed by atoms with van der Waals surface area (Å²) in [5.41, 5.74) is 2.66. The van der Waals surface area contributed by atoms with Crippen LogP contribution in [0.15, 0.2) is 22.3 Å². The van der Waals surface area contributed by atoms with Crippen molar-refractivity contribution < 1.29 is 0 Å². The molecule has 144 valence electrons. The monoisotopic (exact) mass is 372 g/mol. The van der Waals surface area contributed by atoms with E-state index in [1.54, 1.807) is 0 Å². The Morgan fingerprint density at radius 3 is 1.04 bits per heavy atom. The average molecular weight is 373 g/mol. The highest BCUT2D eigenvalue weighted by Gasteiger charge is 2.54. The zero-order valence-electron chi connectivity index (χ0n) is 17.2. The van der Waals surface area contributed by atoms with Crippen LogP contribution >= 0.6 is 0 Å². The van der Waals surface area contributed by atoms with Crippen LogP contribution in [0.1, 0.15) is 53.4 Å². The lowest BCUT2D eigenvalue weighted by atomic mass is 9.62. The second-order valence-corrected chi connectivity index (χ2v) is 9.48. The minimum absolute atomic E-state index is 0.126. The molecule has 3 fully saturated rings. The van der Waals surface area contributed by atoms with Crippen molar-refractivity contribution in [1.82, 2.24) is 0 Å². The maximum Gasteiger partial charge on any atom is 0.129 e. The molecule has 0 aromatic rings. The van der Waals surface area contributed by atoms with Crippen LogP contribution in [0.2, 0.25) is 0 Å². The minimum Gasteiger partial charge on any atom is -0.192 e. The summed E-state index contributed by atoms with van der Waals surface area (Å²) < 4.78 is 0. The third kappa shape index (κ3) is 3.13. The molecule has 4 nitrogen and oxygen atoms in total. The molecular weight excluding hydrogens is 344 g/mol. The molecule has 4 atom stereocenters. The predicted octanol–water partition coefficient (Wildman–Crippen LogP) is 5.28. The SMILES string of the molecule is CC(C)C1CC2C(=C(C#N)C#N)C3CC(C(C)C)CC3C(=C(C#N)C#N)C2C1. The Hall–Kier alpha value is -2.56. The normalized spacial score (nSPS) is 33.5. The fraction of sp³-hybridized carbons (Fsp3) is 0.667. The Morgan fingerprint density at radius 2 is 0.857 bits per heavy atom. The molecule has 0 saturated heterocycles. The van der Waals surface area contributed by atoms with Crippen LogP contribution in [-0.4, -0.2) is 0 Å². The van der Waals surface area contributed by atoms with Gasteiger partial charge in [-0.2, -0.15) is 21.0 Å². The maximum absolute atomic E-state index is 9.69. The fourth-order valence-corrected chi connectivity index (χ4v) is 6.22. The molecule has 0 spiro atoms. The van der Waals surface area contributed by atoms with Gasteiger partial charge in [-0.3, -0.25) is 0 Å². The van der Waals surface area contributed by atoms with E-state index in [9.17, 15) is 21.0 Å². The van der Waals surface area contributed by atoms with Crippen molar-refractivity contribution in [3.05, 3.63) is 22.3 Å². The first-order chi connectivity index (χ1) is 13.4. The van der Waals surface area contributed by atoms with Crippen LogP contribution in [0.4, 0.5) is 0 Å². The van der Waals surface area contributed by atoms with E-state index < -0.39 is 0 Å². The molecule has 3 aliphatic rings. The van der Waals surface area contributed by atoms with Crippen molar-refractivity contribution in [2.75, 3.05) is 0 Å². The number of hydrogen-bond donors (Lipinski definition) is 0. The predicted molar refractivity (Wildman–Crippen MR) is 106 cm³/mol. The van der Waals surface area contributed by atoms with E-state index in [2.05, 4.69) is 52.0 Å². The second kappa shape index (κ2) is 7.82. The van der Waals surface area contributed by atoms with E-state index in [0.29, 0.717) is 23.7 Å². The standard InChI is InChI=1S/C24H28N4/c1-13(2)15-5-19-20(6-15)24(18(11-27)12-28)22-8-16(14(3)4)7-21(22)23(19)17(9-25)10-26/h13-16,19-22H,5-8H2,1-4H3. The molecule has 4 heteroatoms. The van der Waals surface area contributed by atoms with Crippen LogP contribution in [-0.2, 0) is 0 Å². The van der Waals surface area contributed by atoms with Crippen molar-refractivity contribution in [1.29, 1.82) is 21.0 Å². The van der Waals surface area contributed by atoms with Gasteiger partial charge in [0.1, 0.15) is 35.4 Å². The number of fused-ring (bicyclic) bond motifs is 2. The smallest absolute Gasteiger partial charge is 0.129 e. The summed E-state index contributed by atoms with van der Waals surface area (Å²) in [6.07, 6.45) is 3.81. The van der Waals surface area contributed by atoms with Gasteiger partial charge >= 0.3 is 0 Å². The fourth-order valence-electron chi connectivity index (χ4n) is 6.22. The Kier molecular flexibility index (Phi) is 5.64. The van der Waals surface area contributed by atoms with Crippen molar-refractivity contribution in [2.45, 2.75) is 53.4 Å². The van der Waals surface area contributed by atoms with Crippen molar-refractivity contribution in [3.8, 4) is 24.3 Å². The summed E-state index contributed by atoms with van der Waals surface area (Å²) in [7, 11) is 0. The van der Waals surface area contributed by atoms with E-state index in [1.807, 2.05) is 0 Å². The molecule has 0 heterocycles. The molecule has 0 radical (unpaired) electrons. The van der Waals surface area contributed by atoms with E-state index in [4.69, 9.17) is 0 Å². The van der Waals surface area contributed by atoms with Gasteiger partial charge < -0.3 is 0 Å². The van der Waals surface area contributed by atoms with Crippen molar-refractivity contribution in [2.24, 2.45) is 47.3 Å². The highest BCUT2D eigenvalue weighted by atomic mass is 14.6. The molecule has 0 aromatic heterocycles. The third-order valence-electron chi connectivity index (χ3n) is 7.71. The van der Waals surface area contributed by atoms with E-state index in [1.165, 1.54) is 0 Å². The number of nitrogens with zero attached hydrogens (tertiary/aromatic N) is 4. The Bertz CT molecular complexity index is 744. The highest BCUT2D eigenvalue weighted by Crippen LogP contribution is 2.62. The molecular formula is C24H28N4. The zero-order valence-corrected chi connectivity index (χ0v) is 17.2. The maximum atomic E-state index is 9.69. The summed E-state index contributed by atoms with van der Waals surface area (Å²) in [4.78, 5) is 0. The Morgan fingerprint density at radius 1 is 0.607 bits per heavy atom. The zero-order chi connectivity index (χ0) is 20.6. The summed E-state index contributed by atoms with van der Waals surface area (Å²) >= 11 is 0. The molecule has 28 heavy (non-hydrogen) atoms. The summed E-state index contributed by atoms with van der Waals surface area (Å²) in [5, 5.41) is 38.8. The second-order valence-electron chi connectivity index (χ2n) is 9.48. The first-order valence-corrected chi connectivity index (χ1v) is 10.5. The topological polar surface area (TPSA) is 95.2 Å². The first-order valence-electron chi connectivity index (χ1n) is 10.5. The molecule has 0 N–H and O–H groups in total. The third-order valence-corrected chi connectivity index (χ3v) is 7.71. The molecule has 3 rings (SSSR count). The van der Waals surface area contributed by atoms with Crippen LogP contribution in [0, 0.1) is 92.7 Å². The van der Waals surface area contributed by atoms with Crippen LogP contribution in [0.5, 0.6) is 0 Å². The van der Waals surface area contributed by atoms with Gasteiger partial charge in [-0.05, 0) is 84.2 Å². The van der Waals surface area contributed by atoms with Gasteiger partial charge in [0.25, 0.3) is 0 Å². The molecule has 3 aliphatic carbocycles. The quantitative estimate of drug-likeness (QED) is 0.616. The van der Waals surface area contributed by atoms with Gasteiger partial charge in [0.2, 0.25) is 0 Å². The van der Waals surface area contributed by atoms with E-state index >= 15 is 0 Å². The highest BCUT2D eigenvalue weighted by molar-refractivity contribution is 5.51. The number of rotatable bonds is 2. The lowest BCUT2D eigenvalue weighted by molar-refractivity contribution is 0.313. The van der Waals surface area contributed by atoms with Gasteiger partial charge in [0.15, 0.2) is 0 Å². The van der Waals surface area contributed by atoms with E-state index in [-0.39, 0.29) is 34.8 Å². The van der Waals surface area contributed by atoms with Gasteiger partial charge in [-0.15, -0.1) is 0 Å². The van der Waals surface area contributed by atoms with E-state index in [0.717, 1.165) is 36.8 Å². The van der Waals surface area contributed by atoms with Crippen LogP contribution in [0.3, 0.4) is 0 Å². The van der Waals surface area contributed by atoms with Gasteiger partial charge in [0.05, 0.1) is 0 Å². The van der Waals surface area contributed by atoms with Crippen LogP contribution < -0.4 is 0 Å². The summed E-state index contributed by atoms with van der Waals surface area (Å²) in [6, 6.07) is 8.72. The molecule has 0 bridgehead atoms. The number of hydrogen-bond acceptors (Lipinski definition) is 4. The van der Waals surface area contributed by atoms with Crippen molar-refractivity contribution in [3.63, 3.8) is 0 Å². The number of allylic oxidation sites excluding steroid dienone is 4. The lowest BCUT2D eigenvalue weighted by Gasteiger charge is -2.40. The lowest BCUT2D eigenvalue weighted by Crippen LogP contribution is -2.33. The molecule has 0 aliphatic heterocycles. The van der Waals surface area contributed by atoms with Crippen molar-refractivity contribution >= 4 is 0 Å². The Labute approximate surface area is 168 Å². The summed E-state index contributed by atoms with van der Waals surface area (Å²) in [5.74, 6) is 2.52. The van der Waals surface area contributed by atoms with Gasteiger partial charge in [-0.25, -0.2) is 0 Å². The number of nitriles is 4. The average Bonchev–Trinajstić information content (AvgIpc) is 3.29. The van der Waals surface area contributed by atoms with Gasteiger partial charge in [-0.1, -0.05) is 27.7 Å². The first kappa shape index (κ1) is 20.2. The van der Waals surface area contributed by atoms with Crippen LogP contribution in [0.25, 0.3) is 0 Å². The molecule has 0 amide bonds. The largest absolute Gasteiger partial charge is 0.192 e. The van der Waals surface area contributed by atoms with Gasteiger partial charge in [0, 0.05) is 0 Å². The Balaban J connectivity index is 2.22. The molecule has 0 aromatic carbocycles.